The van der Waals surface area contributed by atoms with Crippen LogP contribution in [0, 0.1) is 18.5 Å². The zero-order valence-corrected chi connectivity index (χ0v) is 19.4. The first-order chi connectivity index (χ1) is 13.4. The predicted octanol–water partition coefficient (Wildman–Crippen LogP) is 4.63. The van der Waals surface area contributed by atoms with Crippen LogP contribution in [-0.4, -0.2) is 25.6 Å². The van der Waals surface area contributed by atoms with Crippen molar-refractivity contribution in [2.24, 2.45) is 0 Å². The fraction of sp³-hybridized carbons (Fsp3) is 0.150. The zero-order chi connectivity index (χ0) is 20.7. The largest absolute Gasteiger partial charge is 0.495 e. The predicted molar refractivity (Wildman–Crippen MR) is 123 cm³/mol. The van der Waals surface area contributed by atoms with E-state index < -0.39 is 11.9 Å². The second-order valence-corrected chi connectivity index (χ2v) is 7.76. The smallest absolute Gasteiger partial charge is 0.338 e. The highest BCUT2D eigenvalue weighted by Gasteiger charge is 2.13. The van der Waals surface area contributed by atoms with Gasteiger partial charge in [-0.3, -0.25) is 4.79 Å². The van der Waals surface area contributed by atoms with E-state index in [-0.39, 0.29) is 12.2 Å². The number of carbonyl (C=O) groups excluding carboxylic acids is 2. The molecule has 2 aromatic carbocycles. The number of halogens is 2. The molecule has 0 aliphatic carbocycles. The molecule has 0 atom stereocenters. The van der Waals surface area contributed by atoms with Crippen molar-refractivity contribution in [2.75, 3.05) is 19.0 Å². The average molecular weight is 602 g/mol. The molecular weight excluding hydrogens is 586 g/mol. The van der Waals surface area contributed by atoms with Crippen LogP contribution in [0.2, 0.25) is 0 Å². The van der Waals surface area contributed by atoms with Gasteiger partial charge in [-0.2, -0.15) is 5.26 Å². The number of nitrogens with one attached hydrogen (secondary N) is 1. The Labute approximate surface area is 190 Å². The van der Waals surface area contributed by atoms with Crippen molar-refractivity contribution in [3.63, 3.8) is 0 Å². The van der Waals surface area contributed by atoms with Crippen molar-refractivity contribution in [1.29, 1.82) is 5.26 Å². The summed E-state index contributed by atoms with van der Waals surface area (Å²) >= 11 is 4.28. The van der Waals surface area contributed by atoms with E-state index >= 15 is 0 Å². The van der Waals surface area contributed by atoms with E-state index in [1.54, 1.807) is 38.3 Å². The van der Waals surface area contributed by atoms with Gasteiger partial charge in [0, 0.05) is 5.69 Å². The van der Waals surface area contributed by atoms with E-state index in [9.17, 15) is 14.9 Å². The summed E-state index contributed by atoms with van der Waals surface area (Å²) in [5.41, 5.74) is 1.54. The number of hydrogen-bond donors (Lipinski definition) is 1. The number of ether oxygens (including phenoxy) is 2. The van der Waals surface area contributed by atoms with Gasteiger partial charge < -0.3 is 14.8 Å². The van der Waals surface area contributed by atoms with Gasteiger partial charge >= 0.3 is 5.97 Å². The first kappa shape index (κ1) is 22.2. The van der Waals surface area contributed by atoms with Gasteiger partial charge in [-0.15, -0.1) is 0 Å². The van der Waals surface area contributed by atoms with Crippen molar-refractivity contribution in [3.05, 3.63) is 60.2 Å². The maximum absolute atomic E-state index is 12.4. The normalized spacial score (nSPS) is 10.8. The number of methoxy groups -OCH3 is 1. The number of benzene rings is 2. The lowest BCUT2D eigenvalue weighted by Crippen LogP contribution is -2.13. The van der Waals surface area contributed by atoms with Crippen LogP contribution in [0.4, 0.5) is 5.69 Å². The summed E-state index contributed by atoms with van der Waals surface area (Å²) in [7, 11) is 1.59. The molecule has 0 saturated carbocycles. The molecule has 0 heterocycles. The van der Waals surface area contributed by atoms with E-state index in [4.69, 9.17) is 9.47 Å². The fourth-order valence-corrected chi connectivity index (χ4v) is 4.53. The molecule has 0 bridgehead atoms. The summed E-state index contributed by atoms with van der Waals surface area (Å²) in [5.74, 6) is -0.211. The molecule has 1 amide bonds. The molecule has 1 N–H and O–H groups in total. The number of amides is 1. The third-order valence-corrected chi connectivity index (χ3v) is 5.16. The number of nitriles is 1. The van der Waals surface area contributed by atoms with Gasteiger partial charge in [0.25, 0.3) is 5.91 Å². The third kappa shape index (κ3) is 5.68. The van der Waals surface area contributed by atoms with Crippen LogP contribution in [0.25, 0.3) is 6.08 Å². The summed E-state index contributed by atoms with van der Waals surface area (Å²) < 4.78 is 12.0. The van der Waals surface area contributed by atoms with Gasteiger partial charge in [-0.25, -0.2) is 4.79 Å². The Morgan fingerprint density at radius 1 is 1.18 bits per heavy atom. The zero-order valence-electron chi connectivity index (χ0n) is 15.1. The Kier molecular flexibility index (Phi) is 8.25. The lowest BCUT2D eigenvalue weighted by atomic mass is 10.1. The van der Waals surface area contributed by atoms with E-state index in [1.165, 1.54) is 6.08 Å². The summed E-state index contributed by atoms with van der Waals surface area (Å²) in [4.78, 5) is 24.1. The Bertz CT molecular complexity index is 940. The molecule has 144 valence electrons. The van der Waals surface area contributed by atoms with Crippen LogP contribution in [0.1, 0.15) is 22.8 Å². The quantitative estimate of drug-likeness (QED) is 0.226. The van der Waals surface area contributed by atoms with Crippen LogP contribution < -0.4 is 10.1 Å². The molecule has 0 aliphatic heterocycles. The minimum Gasteiger partial charge on any atom is -0.495 e. The van der Waals surface area contributed by atoms with Crippen LogP contribution in [0.3, 0.4) is 0 Å². The van der Waals surface area contributed by atoms with E-state index in [0.717, 1.165) is 18.5 Å². The van der Waals surface area contributed by atoms with Gasteiger partial charge in [-0.1, -0.05) is 0 Å². The van der Waals surface area contributed by atoms with Gasteiger partial charge in [0.1, 0.15) is 17.4 Å². The molecule has 0 radical (unpaired) electrons. The average Bonchev–Trinajstić information content (AvgIpc) is 2.66. The summed E-state index contributed by atoms with van der Waals surface area (Å²) in [6, 6.07) is 11.9. The van der Waals surface area contributed by atoms with E-state index in [2.05, 4.69) is 50.5 Å². The van der Waals surface area contributed by atoms with Crippen molar-refractivity contribution in [3.8, 4) is 11.8 Å². The molecule has 28 heavy (non-hydrogen) atoms. The molecule has 0 spiro atoms. The molecule has 8 heteroatoms. The summed E-state index contributed by atoms with van der Waals surface area (Å²) in [6.07, 6.45) is 1.52. The first-order valence-electron chi connectivity index (χ1n) is 8.13. The summed E-state index contributed by atoms with van der Waals surface area (Å²) in [6.45, 7) is 2.02. The second kappa shape index (κ2) is 10.4. The van der Waals surface area contributed by atoms with Crippen molar-refractivity contribution >= 4 is 68.8 Å². The number of carbonyl (C=O) groups is 2. The topological polar surface area (TPSA) is 88.4 Å². The number of anilines is 1. The summed E-state index contributed by atoms with van der Waals surface area (Å²) in [5, 5.41) is 12.0. The molecule has 0 unspecified atom stereocenters. The Morgan fingerprint density at radius 3 is 2.29 bits per heavy atom. The van der Waals surface area contributed by atoms with Crippen LogP contribution in [0.15, 0.2) is 42.0 Å². The van der Waals surface area contributed by atoms with Crippen LogP contribution >= 0.6 is 45.2 Å². The highest BCUT2D eigenvalue weighted by molar-refractivity contribution is 14.1. The number of hydrogen-bond acceptors (Lipinski definition) is 5. The highest BCUT2D eigenvalue weighted by Crippen LogP contribution is 2.29. The van der Waals surface area contributed by atoms with Crippen molar-refractivity contribution < 1.29 is 19.1 Å². The lowest BCUT2D eigenvalue weighted by molar-refractivity contribution is -0.112. The molecule has 2 rings (SSSR count). The van der Waals surface area contributed by atoms with E-state index in [1.807, 2.05) is 18.2 Å². The molecule has 6 nitrogen and oxygen atoms in total. The standard InChI is InChI=1S/C20H16I2N2O4/c1-3-28-20(26)13-4-6-15(7-5-13)24-19(25)14(11-23)8-12-9-16(21)18(27-2)17(22)10-12/h4-10H,3H2,1-2H3,(H,24,25)/b14-8+. The van der Waals surface area contributed by atoms with Crippen LogP contribution in [-0.2, 0) is 9.53 Å². The minimum atomic E-state index is -0.535. The first-order valence-corrected chi connectivity index (χ1v) is 10.3. The minimum absolute atomic E-state index is 0.0359. The molecule has 2 aromatic rings. The van der Waals surface area contributed by atoms with Gasteiger partial charge in [0.05, 0.1) is 26.4 Å². The number of esters is 1. The molecule has 0 aliphatic rings. The van der Waals surface area contributed by atoms with Gasteiger partial charge in [-0.05, 0) is 100 Å². The molecular formula is C20H16I2N2O4. The van der Waals surface area contributed by atoms with Gasteiger partial charge in [0.15, 0.2) is 0 Å². The molecule has 0 saturated heterocycles. The maximum Gasteiger partial charge on any atom is 0.338 e. The second-order valence-electron chi connectivity index (χ2n) is 5.44. The monoisotopic (exact) mass is 602 g/mol. The Morgan fingerprint density at radius 2 is 1.79 bits per heavy atom. The molecule has 0 aromatic heterocycles. The fourth-order valence-electron chi connectivity index (χ4n) is 2.28. The van der Waals surface area contributed by atoms with E-state index in [0.29, 0.717) is 11.3 Å². The Hall–Kier alpha value is -2.13. The molecule has 0 fully saturated rings. The lowest BCUT2D eigenvalue weighted by Gasteiger charge is -2.08. The van der Waals surface area contributed by atoms with Gasteiger partial charge in [0.2, 0.25) is 0 Å². The Balaban J connectivity index is 2.19. The van der Waals surface area contributed by atoms with Crippen molar-refractivity contribution in [1.82, 2.24) is 0 Å². The number of rotatable bonds is 6. The highest BCUT2D eigenvalue weighted by atomic mass is 127. The maximum atomic E-state index is 12.4. The van der Waals surface area contributed by atoms with Crippen LogP contribution in [0.5, 0.6) is 5.75 Å². The number of nitrogens with zero attached hydrogens (tertiary/aromatic N) is 1. The third-order valence-electron chi connectivity index (χ3n) is 3.55. The SMILES string of the molecule is CCOC(=O)c1ccc(NC(=O)/C(C#N)=C/c2cc(I)c(OC)c(I)c2)cc1. The van der Waals surface area contributed by atoms with Crippen molar-refractivity contribution in [2.45, 2.75) is 6.92 Å².